The van der Waals surface area contributed by atoms with Gasteiger partial charge in [0.1, 0.15) is 5.82 Å². The van der Waals surface area contributed by atoms with Crippen molar-refractivity contribution in [3.63, 3.8) is 0 Å². The molecule has 0 radical (unpaired) electrons. The predicted molar refractivity (Wildman–Crippen MR) is 71.0 cm³/mol. The Morgan fingerprint density at radius 2 is 2.30 bits per heavy atom. The molecule has 0 saturated heterocycles. The van der Waals surface area contributed by atoms with Gasteiger partial charge in [0.15, 0.2) is 12.2 Å². The Bertz CT molecular complexity index is 733. The number of aromatic amines is 1. The Kier molecular flexibility index (Phi) is 3.00. The number of aryl methyl sites for hydroxylation is 1. The van der Waals surface area contributed by atoms with Gasteiger partial charge in [-0.1, -0.05) is 12.1 Å². The Labute approximate surface area is 114 Å². The largest absolute Gasteiger partial charge is 0.444 e. The van der Waals surface area contributed by atoms with Crippen LogP contribution in [0, 0.1) is 6.92 Å². The molecule has 0 aliphatic carbocycles. The van der Waals surface area contributed by atoms with Crippen LogP contribution in [0.15, 0.2) is 41.3 Å². The number of carbonyl (C=O) groups excluding carboxylic acids is 1. The van der Waals surface area contributed by atoms with Crippen LogP contribution in [0.3, 0.4) is 0 Å². The molecule has 0 bridgehead atoms. The number of H-pyrrole nitrogens is 1. The summed E-state index contributed by atoms with van der Waals surface area (Å²) in [5.41, 5.74) is 1.46. The first kappa shape index (κ1) is 12.1. The molecule has 20 heavy (non-hydrogen) atoms. The molecule has 3 aromatic rings. The van der Waals surface area contributed by atoms with Crippen molar-refractivity contribution in [2.24, 2.45) is 0 Å². The lowest BCUT2D eigenvalue weighted by atomic mass is 10.1. The minimum absolute atomic E-state index is 0.104. The van der Waals surface area contributed by atoms with Crippen LogP contribution in [0.25, 0.3) is 11.3 Å². The first-order valence-electron chi connectivity index (χ1n) is 5.91. The van der Waals surface area contributed by atoms with Crippen molar-refractivity contribution in [2.45, 2.75) is 6.92 Å². The summed E-state index contributed by atoms with van der Waals surface area (Å²) in [6.45, 7) is 1.73. The Morgan fingerprint density at radius 1 is 1.40 bits per heavy atom. The lowest BCUT2D eigenvalue weighted by Crippen LogP contribution is -2.13. The van der Waals surface area contributed by atoms with Gasteiger partial charge in [-0.25, -0.2) is 9.97 Å². The first-order chi connectivity index (χ1) is 9.72. The molecule has 2 N–H and O–H groups in total. The Balaban J connectivity index is 1.81. The number of hydrogen-bond donors (Lipinski definition) is 2. The SMILES string of the molecule is Cc1nc(C(=O)Nc2cccc(-c3cnco3)c2)n[nH]1. The maximum Gasteiger partial charge on any atom is 0.295 e. The van der Waals surface area contributed by atoms with E-state index in [1.165, 1.54) is 6.39 Å². The summed E-state index contributed by atoms with van der Waals surface area (Å²) in [5.74, 6) is 0.956. The summed E-state index contributed by atoms with van der Waals surface area (Å²) < 4.78 is 5.21. The fraction of sp³-hybridized carbons (Fsp3) is 0.0769. The van der Waals surface area contributed by atoms with E-state index in [0.29, 0.717) is 17.3 Å². The van der Waals surface area contributed by atoms with E-state index in [2.05, 4.69) is 25.5 Å². The van der Waals surface area contributed by atoms with Gasteiger partial charge in [-0.3, -0.25) is 9.89 Å². The summed E-state index contributed by atoms with van der Waals surface area (Å²) >= 11 is 0. The van der Waals surface area contributed by atoms with E-state index in [4.69, 9.17) is 4.42 Å². The lowest BCUT2D eigenvalue weighted by Gasteiger charge is -2.04. The van der Waals surface area contributed by atoms with Gasteiger partial charge in [0.2, 0.25) is 5.82 Å². The third kappa shape index (κ3) is 2.41. The highest BCUT2D eigenvalue weighted by atomic mass is 16.3. The Hall–Kier alpha value is -2.96. The van der Waals surface area contributed by atoms with Crippen molar-refractivity contribution in [1.82, 2.24) is 20.2 Å². The maximum atomic E-state index is 11.9. The predicted octanol–water partition coefficient (Wildman–Crippen LogP) is 2.02. The van der Waals surface area contributed by atoms with Gasteiger partial charge >= 0.3 is 0 Å². The van der Waals surface area contributed by atoms with E-state index in [1.807, 2.05) is 12.1 Å². The van der Waals surface area contributed by atoms with Gasteiger partial charge in [-0.15, -0.1) is 5.10 Å². The second-order valence-electron chi connectivity index (χ2n) is 4.15. The number of aromatic nitrogens is 4. The van der Waals surface area contributed by atoms with Crippen LogP contribution in [0.4, 0.5) is 5.69 Å². The van der Waals surface area contributed by atoms with E-state index in [0.717, 1.165) is 5.56 Å². The fourth-order valence-electron chi connectivity index (χ4n) is 1.74. The van der Waals surface area contributed by atoms with Crippen molar-refractivity contribution < 1.29 is 9.21 Å². The zero-order valence-corrected chi connectivity index (χ0v) is 10.6. The number of amides is 1. The molecular formula is C13H11N5O2. The number of rotatable bonds is 3. The molecule has 0 unspecified atom stereocenters. The van der Waals surface area contributed by atoms with Gasteiger partial charge in [0, 0.05) is 11.3 Å². The molecule has 7 nitrogen and oxygen atoms in total. The molecule has 2 heterocycles. The number of hydrogen-bond acceptors (Lipinski definition) is 5. The van der Waals surface area contributed by atoms with E-state index < -0.39 is 0 Å². The van der Waals surface area contributed by atoms with Crippen LogP contribution in [0.2, 0.25) is 0 Å². The fourth-order valence-corrected chi connectivity index (χ4v) is 1.74. The molecule has 100 valence electrons. The first-order valence-corrected chi connectivity index (χ1v) is 5.91. The summed E-state index contributed by atoms with van der Waals surface area (Å²) in [4.78, 5) is 19.8. The molecular weight excluding hydrogens is 258 g/mol. The highest BCUT2D eigenvalue weighted by molar-refractivity contribution is 6.01. The van der Waals surface area contributed by atoms with Gasteiger partial charge in [0.05, 0.1) is 6.20 Å². The number of benzene rings is 1. The topological polar surface area (TPSA) is 96.7 Å². The number of anilines is 1. The van der Waals surface area contributed by atoms with Crippen molar-refractivity contribution >= 4 is 11.6 Å². The number of nitrogens with zero attached hydrogens (tertiary/aromatic N) is 3. The third-order valence-corrected chi connectivity index (χ3v) is 2.64. The van der Waals surface area contributed by atoms with Crippen LogP contribution in [0.1, 0.15) is 16.4 Å². The molecule has 3 rings (SSSR count). The quantitative estimate of drug-likeness (QED) is 0.758. The third-order valence-electron chi connectivity index (χ3n) is 2.64. The zero-order valence-electron chi connectivity index (χ0n) is 10.6. The van der Waals surface area contributed by atoms with E-state index in [9.17, 15) is 4.79 Å². The maximum absolute atomic E-state index is 11.9. The summed E-state index contributed by atoms with van der Waals surface area (Å²) in [6, 6.07) is 7.25. The van der Waals surface area contributed by atoms with Crippen LogP contribution in [0.5, 0.6) is 0 Å². The van der Waals surface area contributed by atoms with Crippen LogP contribution in [-0.2, 0) is 0 Å². The number of carbonyl (C=O) groups is 1. The molecule has 0 aliphatic rings. The summed E-state index contributed by atoms with van der Waals surface area (Å²) in [6.07, 6.45) is 2.97. The van der Waals surface area contributed by atoms with Crippen molar-refractivity contribution in [3.8, 4) is 11.3 Å². The van der Waals surface area contributed by atoms with Crippen LogP contribution in [-0.4, -0.2) is 26.1 Å². The molecule has 7 heteroatoms. The van der Waals surface area contributed by atoms with E-state index in [-0.39, 0.29) is 11.7 Å². The Morgan fingerprint density at radius 3 is 3.00 bits per heavy atom. The van der Waals surface area contributed by atoms with Crippen molar-refractivity contribution in [1.29, 1.82) is 0 Å². The summed E-state index contributed by atoms with van der Waals surface area (Å²) in [7, 11) is 0. The van der Waals surface area contributed by atoms with Gasteiger partial charge < -0.3 is 9.73 Å². The van der Waals surface area contributed by atoms with Crippen molar-refractivity contribution in [3.05, 3.63) is 48.5 Å². The monoisotopic (exact) mass is 269 g/mol. The normalized spacial score (nSPS) is 10.4. The molecule has 0 spiro atoms. The lowest BCUT2D eigenvalue weighted by molar-refractivity contribution is 0.101. The number of nitrogens with one attached hydrogen (secondary N) is 2. The molecule has 0 aliphatic heterocycles. The van der Waals surface area contributed by atoms with Gasteiger partial charge in [-0.05, 0) is 19.1 Å². The molecule has 2 aromatic heterocycles. The van der Waals surface area contributed by atoms with Gasteiger partial charge in [-0.2, -0.15) is 0 Å². The highest BCUT2D eigenvalue weighted by Crippen LogP contribution is 2.22. The minimum atomic E-state index is -0.371. The van der Waals surface area contributed by atoms with Crippen LogP contribution < -0.4 is 5.32 Å². The van der Waals surface area contributed by atoms with E-state index >= 15 is 0 Å². The molecule has 1 amide bonds. The zero-order chi connectivity index (χ0) is 13.9. The standard InChI is InChI=1S/C13H11N5O2/c1-8-15-12(18-17-8)13(19)16-10-4-2-3-9(5-10)11-6-14-7-20-11/h2-7H,1H3,(H,16,19)(H,15,17,18). The molecule has 0 atom stereocenters. The highest BCUT2D eigenvalue weighted by Gasteiger charge is 2.12. The van der Waals surface area contributed by atoms with Crippen LogP contribution >= 0.6 is 0 Å². The average molecular weight is 269 g/mol. The second kappa shape index (κ2) is 4.96. The molecule has 0 fully saturated rings. The summed E-state index contributed by atoms with van der Waals surface area (Å²) in [5, 5.41) is 9.16. The van der Waals surface area contributed by atoms with Crippen molar-refractivity contribution in [2.75, 3.05) is 5.32 Å². The minimum Gasteiger partial charge on any atom is -0.444 e. The second-order valence-corrected chi connectivity index (χ2v) is 4.15. The average Bonchev–Trinajstić information content (AvgIpc) is 3.10. The number of oxazole rings is 1. The smallest absolute Gasteiger partial charge is 0.295 e. The van der Waals surface area contributed by atoms with E-state index in [1.54, 1.807) is 25.3 Å². The van der Waals surface area contributed by atoms with Gasteiger partial charge in [0.25, 0.3) is 5.91 Å². The molecule has 1 aromatic carbocycles. The molecule has 0 saturated carbocycles.